The van der Waals surface area contributed by atoms with Gasteiger partial charge in [0.15, 0.2) is 0 Å². The van der Waals surface area contributed by atoms with Gasteiger partial charge in [0.25, 0.3) is 0 Å². The smallest absolute Gasteiger partial charge is 0.226 e. The summed E-state index contributed by atoms with van der Waals surface area (Å²) in [6.45, 7) is 3.55. The normalized spacial score (nSPS) is 30.9. The van der Waals surface area contributed by atoms with E-state index < -0.39 is 0 Å². The van der Waals surface area contributed by atoms with Crippen LogP contribution in [0.15, 0.2) is 24.3 Å². The standard InChI is InChI=1S/C16H21FN2O.ClH/c1-10-6-11(8-18)9-19(10)16(20)15-7-14(15)12-2-4-13(17)5-3-12;/h2-5,10-11,14-15H,6-9,18H2,1H3;1H. The molecule has 0 bridgehead atoms. The van der Waals surface area contributed by atoms with E-state index in [-0.39, 0.29) is 36.0 Å². The van der Waals surface area contributed by atoms with Gasteiger partial charge in [-0.3, -0.25) is 4.79 Å². The number of benzene rings is 1. The number of nitrogens with two attached hydrogens (primary N) is 1. The summed E-state index contributed by atoms with van der Waals surface area (Å²) in [6.07, 6.45) is 1.90. The van der Waals surface area contributed by atoms with Crippen LogP contribution in [0.1, 0.15) is 31.2 Å². The molecule has 116 valence electrons. The van der Waals surface area contributed by atoms with Crippen LogP contribution in [0.2, 0.25) is 0 Å². The SMILES string of the molecule is CC1CC(CN)CN1C(=O)C1CC1c1ccc(F)cc1.Cl. The minimum absolute atomic E-state index is 0. The molecule has 1 saturated heterocycles. The summed E-state index contributed by atoms with van der Waals surface area (Å²) >= 11 is 0. The number of amides is 1. The molecule has 4 unspecified atom stereocenters. The summed E-state index contributed by atoms with van der Waals surface area (Å²) < 4.78 is 12.9. The first-order valence-electron chi connectivity index (χ1n) is 7.36. The Labute approximate surface area is 131 Å². The van der Waals surface area contributed by atoms with Gasteiger partial charge < -0.3 is 10.6 Å². The molecular formula is C16H22ClFN2O. The van der Waals surface area contributed by atoms with Gasteiger partial charge >= 0.3 is 0 Å². The minimum atomic E-state index is -0.226. The Morgan fingerprint density at radius 2 is 2.00 bits per heavy atom. The predicted octanol–water partition coefficient (Wildman–Crippen LogP) is 2.55. The Morgan fingerprint density at radius 1 is 1.33 bits per heavy atom. The van der Waals surface area contributed by atoms with Crippen LogP contribution < -0.4 is 5.73 Å². The number of likely N-dealkylation sites (tertiary alicyclic amines) is 1. The van der Waals surface area contributed by atoms with E-state index in [1.165, 1.54) is 12.1 Å². The number of hydrogen-bond acceptors (Lipinski definition) is 2. The van der Waals surface area contributed by atoms with E-state index in [4.69, 9.17) is 5.73 Å². The number of hydrogen-bond donors (Lipinski definition) is 1. The Kier molecular flexibility index (Phi) is 4.89. The molecule has 1 aromatic carbocycles. The first-order valence-corrected chi connectivity index (χ1v) is 7.36. The van der Waals surface area contributed by atoms with Crippen molar-refractivity contribution < 1.29 is 9.18 Å². The third-order valence-electron chi connectivity index (χ3n) is 4.68. The third-order valence-corrected chi connectivity index (χ3v) is 4.68. The molecule has 1 aliphatic heterocycles. The number of halogens is 2. The van der Waals surface area contributed by atoms with E-state index in [0.717, 1.165) is 24.9 Å². The summed E-state index contributed by atoms with van der Waals surface area (Å²) in [6, 6.07) is 6.83. The predicted molar refractivity (Wildman–Crippen MR) is 82.8 cm³/mol. The molecule has 1 saturated carbocycles. The highest BCUT2D eigenvalue weighted by Crippen LogP contribution is 2.49. The highest BCUT2D eigenvalue weighted by atomic mass is 35.5. The molecule has 21 heavy (non-hydrogen) atoms. The second-order valence-electron chi connectivity index (χ2n) is 6.18. The summed E-state index contributed by atoms with van der Waals surface area (Å²) in [5.74, 6) is 0.822. The van der Waals surface area contributed by atoms with Crippen molar-refractivity contribution in [2.75, 3.05) is 13.1 Å². The lowest BCUT2D eigenvalue weighted by atomic mass is 10.1. The number of rotatable bonds is 3. The summed E-state index contributed by atoms with van der Waals surface area (Å²) in [7, 11) is 0. The van der Waals surface area contributed by atoms with E-state index in [1.54, 1.807) is 12.1 Å². The Morgan fingerprint density at radius 3 is 2.57 bits per heavy atom. The fourth-order valence-corrected chi connectivity index (χ4v) is 3.38. The minimum Gasteiger partial charge on any atom is -0.339 e. The maximum Gasteiger partial charge on any atom is 0.226 e. The van der Waals surface area contributed by atoms with Crippen LogP contribution in [-0.4, -0.2) is 29.9 Å². The first-order chi connectivity index (χ1) is 9.60. The summed E-state index contributed by atoms with van der Waals surface area (Å²) in [5.41, 5.74) is 6.79. The fourth-order valence-electron chi connectivity index (χ4n) is 3.38. The highest BCUT2D eigenvalue weighted by Gasteiger charge is 2.47. The van der Waals surface area contributed by atoms with Gasteiger partial charge in [-0.05, 0) is 55.8 Å². The zero-order valence-corrected chi connectivity index (χ0v) is 13.0. The monoisotopic (exact) mass is 312 g/mol. The van der Waals surface area contributed by atoms with Gasteiger partial charge in [0, 0.05) is 18.5 Å². The molecule has 2 N–H and O–H groups in total. The van der Waals surface area contributed by atoms with Crippen molar-refractivity contribution in [3.8, 4) is 0 Å². The Balaban J connectivity index is 0.00000161. The highest BCUT2D eigenvalue weighted by molar-refractivity contribution is 5.85. The molecule has 1 aliphatic carbocycles. The molecule has 2 aliphatic rings. The van der Waals surface area contributed by atoms with Gasteiger partial charge in [-0.2, -0.15) is 0 Å². The van der Waals surface area contributed by atoms with Crippen LogP contribution in [0, 0.1) is 17.7 Å². The van der Waals surface area contributed by atoms with Gasteiger partial charge in [-0.25, -0.2) is 4.39 Å². The zero-order valence-electron chi connectivity index (χ0n) is 12.2. The number of nitrogens with zero attached hydrogens (tertiary/aromatic N) is 1. The lowest BCUT2D eigenvalue weighted by Gasteiger charge is -2.21. The van der Waals surface area contributed by atoms with Crippen molar-refractivity contribution in [1.29, 1.82) is 0 Å². The average Bonchev–Trinajstić information content (AvgIpc) is 3.15. The van der Waals surface area contributed by atoms with Crippen molar-refractivity contribution in [3.63, 3.8) is 0 Å². The Bertz CT molecular complexity index is 508. The van der Waals surface area contributed by atoms with Crippen molar-refractivity contribution >= 4 is 18.3 Å². The molecule has 0 radical (unpaired) electrons. The van der Waals surface area contributed by atoms with Crippen molar-refractivity contribution in [2.45, 2.75) is 31.7 Å². The fraction of sp³-hybridized carbons (Fsp3) is 0.562. The lowest BCUT2D eigenvalue weighted by Crippen LogP contribution is -2.35. The molecule has 2 fully saturated rings. The Hall–Kier alpha value is -1.13. The largest absolute Gasteiger partial charge is 0.339 e. The number of carbonyl (C=O) groups is 1. The summed E-state index contributed by atoms with van der Waals surface area (Å²) in [4.78, 5) is 14.5. The van der Waals surface area contributed by atoms with Gasteiger partial charge in [-0.15, -0.1) is 12.4 Å². The zero-order chi connectivity index (χ0) is 14.3. The maximum absolute atomic E-state index is 12.9. The van der Waals surface area contributed by atoms with Crippen molar-refractivity contribution in [3.05, 3.63) is 35.6 Å². The second-order valence-corrected chi connectivity index (χ2v) is 6.18. The van der Waals surface area contributed by atoms with Crippen LogP contribution >= 0.6 is 12.4 Å². The van der Waals surface area contributed by atoms with E-state index in [9.17, 15) is 9.18 Å². The average molecular weight is 313 g/mol. The van der Waals surface area contributed by atoms with E-state index >= 15 is 0 Å². The van der Waals surface area contributed by atoms with Crippen LogP contribution in [0.3, 0.4) is 0 Å². The lowest BCUT2D eigenvalue weighted by molar-refractivity contribution is -0.133. The molecular weight excluding hydrogens is 291 g/mol. The van der Waals surface area contributed by atoms with E-state index in [2.05, 4.69) is 6.92 Å². The molecule has 1 aromatic rings. The molecule has 1 heterocycles. The van der Waals surface area contributed by atoms with Crippen molar-refractivity contribution in [1.82, 2.24) is 4.90 Å². The van der Waals surface area contributed by atoms with Crippen molar-refractivity contribution in [2.24, 2.45) is 17.6 Å². The van der Waals surface area contributed by atoms with Crippen LogP contribution in [-0.2, 0) is 4.79 Å². The van der Waals surface area contributed by atoms with E-state index in [0.29, 0.717) is 18.5 Å². The second kappa shape index (κ2) is 6.32. The molecule has 3 rings (SSSR count). The van der Waals surface area contributed by atoms with Crippen LogP contribution in [0.5, 0.6) is 0 Å². The molecule has 4 atom stereocenters. The van der Waals surface area contributed by atoms with Gasteiger partial charge in [0.2, 0.25) is 5.91 Å². The molecule has 3 nitrogen and oxygen atoms in total. The topological polar surface area (TPSA) is 46.3 Å². The van der Waals surface area contributed by atoms with Crippen LogP contribution in [0.25, 0.3) is 0 Å². The third kappa shape index (κ3) is 3.22. The summed E-state index contributed by atoms with van der Waals surface area (Å²) in [5, 5.41) is 0. The van der Waals surface area contributed by atoms with Crippen LogP contribution in [0.4, 0.5) is 4.39 Å². The molecule has 1 amide bonds. The molecule has 0 aromatic heterocycles. The maximum atomic E-state index is 12.9. The number of carbonyl (C=O) groups excluding carboxylic acids is 1. The first kappa shape index (κ1) is 16.2. The molecule has 0 spiro atoms. The van der Waals surface area contributed by atoms with E-state index in [1.807, 2.05) is 4.90 Å². The molecule has 5 heteroatoms. The van der Waals surface area contributed by atoms with Gasteiger partial charge in [0.1, 0.15) is 5.82 Å². The van der Waals surface area contributed by atoms with Gasteiger partial charge in [0.05, 0.1) is 0 Å². The van der Waals surface area contributed by atoms with Gasteiger partial charge in [-0.1, -0.05) is 12.1 Å². The quantitative estimate of drug-likeness (QED) is 0.932.